The lowest BCUT2D eigenvalue weighted by molar-refractivity contribution is 0.404. The number of ether oxygens (including phenoxy) is 2. The van der Waals surface area contributed by atoms with Gasteiger partial charge in [0.1, 0.15) is 23.6 Å². The molecule has 0 aliphatic heterocycles. The Morgan fingerprint density at radius 2 is 1.88 bits per heavy atom. The van der Waals surface area contributed by atoms with Gasteiger partial charge >= 0.3 is 0 Å². The highest BCUT2D eigenvalue weighted by Gasteiger charge is 2.13. The van der Waals surface area contributed by atoms with Gasteiger partial charge in [-0.1, -0.05) is 12.1 Å². The van der Waals surface area contributed by atoms with E-state index in [0.717, 1.165) is 42.9 Å². The molecule has 120 valence electrons. The standard InChI is InChI=1S/C18H15N3O2S/c1-22-11-4-6-14(23-2)13(8-11)10-3-5-12-15(7-10)24-17-16(12)20-9-21-18(17)19/h3-9H,1-2H3,(H2,19,20,21). The van der Waals surface area contributed by atoms with E-state index in [1.54, 1.807) is 25.6 Å². The van der Waals surface area contributed by atoms with Crippen LogP contribution in [0.3, 0.4) is 0 Å². The molecular formula is C18H15N3O2S. The highest BCUT2D eigenvalue weighted by molar-refractivity contribution is 7.26. The molecule has 0 saturated carbocycles. The van der Waals surface area contributed by atoms with Gasteiger partial charge in [-0.05, 0) is 29.8 Å². The molecule has 0 aliphatic carbocycles. The summed E-state index contributed by atoms with van der Waals surface area (Å²) in [6.07, 6.45) is 1.50. The van der Waals surface area contributed by atoms with Crippen molar-refractivity contribution in [3.05, 3.63) is 42.7 Å². The zero-order valence-electron chi connectivity index (χ0n) is 13.2. The second-order valence-electron chi connectivity index (χ2n) is 5.32. The maximum atomic E-state index is 5.98. The van der Waals surface area contributed by atoms with E-state index in [1.165, 1.54) is 6.33 Å². The van der Waals surface area contributed by atoms with E-state index in [0.29, 0.717) is 5.82 Å². The molecule has 2 aromatic heterocycles. The smallest absolute Gasteiger partial charge is 0.144 e. The SMILES string of the molecule is COc1ccc(OC)c(-c2ccc3c(c2)sc2c(N)ncnc23)c1. The quantitative estimate of drug-likeness (QED) is 0.609. The third kappa shape index (κ3) is 2.23. The van der Waals surface area contributed by atoms with Crippen molar-refractivity contribution in [3.8, 4) is 22.6 Å². The van der Waals surface area contributed by atoms with Crippen LogP contribution in [-0.2, 0) is 0 Å². The number of hydrogen-bond donors (Lipinski definition) is 1. The molecular weight excluding hydrogens is 322 g/mol. The number of rotatable bonds is 3. The number of benzene rings is 2. The Labute approximate surface area is 142 Å². The van der Waals surface area contributed by atoms with Gasteiger partial charge in [-0.25, -0.2) is 9.97 Å². The first-order valence-electron chi connectivity index (χ1n) is 7.36. The van der Waals surface area contributed by atoms with Crippen LogP contribution in [-0.4, -0.2) is 24.2 Å². The number of thiophene rings is 1. The predicted molar refractivity (Wildman–Crippen MR) is 97.9 cm³/mol. The minimum Gasteiger partial charge on any atom is -0.497 e. The molecule has 2 aromatic carbocycles. The van der Waals surface area contributed by atoms with Crippen molar-refractivity contribution in [1.82, 2.24) is 9.97 Å². The molecule has 0 unspecified atom stereocenters. The van der Waals surface area contributed by atoms with E-state index in [9.17, 15) is 0 Å². The zero-order chi connectivity index (χ0) is 16.7. The summed E-state index contributed by atoms with van der Waals surface area (Å²) >= 11 is 1.60. The van der Waals surface area contributed by atoms with Crippen LogP contribution in [0.15, 0.2) is 42.7 Å². The Kier molecular flexibility index (Phi) is 3.46. The minimum absolute atomic E-state index is 0.515. The lowest BCUT2D eigenvalue weighted by Gasteiger charge is -2.10. The van der Waals surface area contributed by atoms with Crippen molar-refractivity contribution < 1.29 is 9.47 Å². The summed E-state index contributed by atoms with van der Waals surface area (Å²) in [7, 11) is 3.32. The van der Waals surface area contributed by atoms with Crippen LogP contribution in [0.25, 0.3) is 31.4 Å². The van der Waals surface area contributed by atoms with Gasteiger partial charge in [-0.3, -0.25) is 0 Å². The van der Waals surface area contributed by atoms with Crippen molar-refractivity contribution in [2.75, 3.05) is 20.0 Å². The Morgan fingerprint density at radius 3 is 2.67 bits per heavy atom. The van der Waals surface area contributed by atoms with Gasteiger partial charge in [0.05, 0.1) is 24.4 Å². The molecule has 6 heteroatoms. The second kappa shape index (κ2) is 5.65. The number of methoxy groups -OCH3 is 2. The first kappa shape index (κ1) is 14.7. The number of anilines is 1. The monoisotopic (exact) mass is 337 g/mol. The number of hydrogen-bond acceptors (Lipinski definition) is 6. The van der Waals surface area contributed by atoms with Gasteiger partial charge < -0.3 is 15.2 Å². The molecule has 5 nitrogen and oxygen atoms in total. The van der Waals surface area contributed by atoms with Gasteiger partial charge in [-0.2, -0.15) is 0 Å². The summed E-state index contributed by atoms with van der Waals surface area (Å²) in [6.45, 7) is 0. The molecule has 0 aliphatic rings. The van der Waals surface area contributed by atoms with Crippen LogP contribution in [0.2, 0.25) is 0 Å². The molecule has 24 heavy (non-hydrogen) atoms. The summed E-state index contributed by atoms with van der Waals surface area (Å²) in [5.74, 6) is 2.11. The average Bonchev–Trinajstić information content (AvgIpc) is 3.00. The number of fused-ring (bicyclic) bond motifs is 3. The lowest BCUT2D eigenvalue weighted by atomic mass is 10.0. The van der Waals surface area contributed by atoms with Crippen molar-refractivity contribution in [1.29, 1.82) is 0 Å². The average molecular weight is 337 g/mol. The summed E-state index contributed by atoms with van der Waals surface area (Å²) in [6, 6.07) is 12.0. The van der Waals surface area contributed by atoms with Crippen LogP contribution >= 0.6 is 11.3 Å². The van der Waals surface area contributed by atoms with Crippen LogP contribution in [0.5, 0.6) is 11.5 Å². The largest absolute Gasteiger partial charge is 0.497 e. The second-order valence-corrected chi connectivity index (χ2v) is 6.37. The predicted octanol–water partition coefficient (Wildman–Crippen LogP) is 4.11. The number of nitrogen functional groups attached to an aromatic ring is 1. The number of nitrogens with zero attached hydrogens (tertiary/aromatic N) is 2. The Bertz CT molecular complexity index is 1060. The Balaban J connectivity index is 1.95. The summed E-state index contributed by atoms with van der Waals surface area (Å²) in [5, 5.41) is 1.08. The minimum atomic E-state index is 0.515. The number of aromatic nitrogens is 2. The Hall–Kier alpha value is -2.86. The van der Waals surface area contributed by atoms with E-state index in [-0.39, 0.29) is 0 Å². The fourth-order valence-corrected chi connectivity index (χ4v) is 3.90. The van der Waals surface area contributed by atoms with E-state index in [2.05, 4.69) is 28.2 Å². The van der Waals surface area contributed by atoms with Gasteiger partial charge in [0.15, 0.2) is 0 Å². The Morgan fingerprint density at radius 1 is 1.00 bits per heavy atom. The third-order valence-electron chi connectivity index (χ3n) is 4.00. The van der Waals surface area contributed by atoms with Crippen LogP contribution in [0.1, 0.15) is 0 Å². The van der Waals surface area contributed by atoms with E-state index >= 15 is 0 Å². The van der Waals surface area contributed by atoms with E-state index in [1.807, 2.05) is 18.2 Å². The van der Waals surface area contributed by atoms with Crippen LogP contribution < -0.4 is 15.2 Å². The summed E-state index contributed by atoms with van der Waals surface area (Å²) < 4.78 is 12.9. The van der Waals surface area contributed by atoms with Crippen molar-refractivity contribution in [2.24, 2.45) is 0 Å². The van der Waals surface area contributed by atoms with Gasteiger partial charge in [0, 0.05) is 15.6 Å². The molecule has 0 radical (unpaired) electrons. The molecule has 0 saturated heterocycles. The summed E-state index contributed by atoms with van der Waals surface area (Å²) in [5.41, 5.74) is 8.90. The molecule has 0 bridgehead atoms. The van der Waals surface area contributed by atoms with Crippen molar-refractivity contribution in [2.45, 2.75) is 0 Å². The molecule has 0 fully saturated rings. The fourth-order valence-electron chi connectivity index (χ4n) is 2.80. The first-order valence-corrected chi connectivity index (χ1v) is 8.18. The van der Waals surface area contributed by atoms with Gasteiger partial charge in [-0.15, -0.1) is 11.3 Å². The molecule has 2 heterocycles. The van der Waals surface area contributed by atoms with Crippen LogP contribution in [0, 0.1) is 0 Å². The maximum Gasteiger partial charge on any atom is 0.144 e. The lowest BCUT2D eigenvalue weighted by Crippen LogP contribution is -1.90. The van der Waals surface area contributed by atoms with Crippen LogP contribution in [0.4, 0.5) is 5.82 Å². The molecule has 4 aromatic rings. The van der Waals surface area contributed by atoms with Gasteiger partial charge in [0.2, 0.25) is 0 Å². The highest BCUT2D eigenvalue weighted by atomic mass is 32.1. The van der Waals surface area contributed by atoms with E-state index in [4.69, 9.17) is 15.2 Å². The zero-order valence-corrected chi connectivity index (χ0v) is 14.1. The van der Waals surface area contributed by atoms with Crippen molar-refractivity contribution >= 4 is 37.5 Å². The molecule has 2 N–H and O–H groups in total. The fraction of sp³-hybridized carbons (Fsp3) is 0.111. The first-order chi connectivity index (χ1) is 11.7. The third-order valence-corrected chi connectivity index (χ3v) is 5.16. The molecule has 0 spiro atoms. The highest BCUT2D eigenvalue weighted by Crippen LogP contribution is 2.39. The topological polar surface area (TPSA) is 70.3 Å². The molecule has 0 amide bonds. The summed E-state index contributed by atoms with van der Waals surface area (Å²) in [4.78, 5) is 8.44. The number of nitrogens with two attached hydrogens (primary N) is 1. The maximum absolute atomic E-state index is 5.98. The molecule has 0 atom stereocenters. The van der Waals surface area contributed by atoms with Gasteiger partial charge in [0.25, 0.3) is 0 Å². The van der Waals surface area contributed by atoms with E-state index < -0.39 is 0 Å². The normalized spacial score (nSPS) is 11.1. The van der Waals surface area contributed by atoms with Crippen molar-refractivity contribution in [3.63, 3.8) is 0 Å². The molecule has 4 rings (SSSR count).